The first kappa shape index (κ1) is 27.7. The number of carbonyl (C=O) groups excluding carboxylic acids is 3. The van der Waals surface area contributed by atoms with Gasteiger partial charge in [0.1, 0.15) is 5.69 Å². The second kappa shape index (κ2) is 14.0. The van der Waals surface area contributed by atoms with Gasteiger partial charge in [0.2, 0.25) is 11.8 Å². The SMILES string of the molecule is CC(C)C[C@@H](C(=O)NN(CC(C)C)C(=O)c1ccccn1)[C@H](C/C=C/c1ccccc1)C(=O)NO. The maximum absolute atomic E-state index is 13.5. The van der Waals surface area contributed by atoms with Crippen molar-refractivity contribution in [2.45, 2.75) is 40.5 Å². The largest absolute Gasteiger partial charge is 0.290 e. The summed E-state index contributed by atoms with van der Waals surface area (Å²) < 4.78 is 0. The molecule has 0 fully saturated rings. The predicted octanol–water partition coefficient (Wildman–Crippen LogP) is 4.10. The number of allylic oxidation sites excluding steroid dienone is 1. The minimum Gasteiger partial charge on any atom is -0.289 e. The number of benzene rings is 1. The number of pyridine rings is 1. The van der Waals surface area contributed by atoms with E-state index in [0.717, 1.165) is 5.56 Å². The number of hydrazine groups is 1. The fourth-order valence-corrected chi connectivity index (χ4v) is 3.80. The molecule has 1 aromatic heterocycles. The van der Waals surface area contributed by atoms with E-state index in [4.69, 9.17) is 0 Å². The molecule has 8 heteroatoms. The molecule has 0 radical (unpaired) electrons. The van der Waals surface area contributed by atoms with Crippen LogP contribution in [0.2, 0.25) is 0 Å². The molecule has 35 heavy (non-hydrogen) atoms. The summed E-state index contributed by atoms with van der Waals surface area (Å²) in [6.07, 6.45) is 5.85. The van der Waals surface area contributed by atoms with Crippen LogP contribution in [0.15, 0.2) is 60.8 Å². The number of carbonyl (C=O) groups is 3. The highest BCUT2D eigenvalue weighted by molar-refractivity contribution is 5.94. The van der Waals surface area contributed by atoms with Crippen LogP contribution in [0, 0.1) is 23.7 Å². The van der Waals surface area contributed by atoms with Gasteiger partial charge < -0.3 is 0 Å². The molecule has 1 heterocycles. The zero-order chi connectivity index (χ0) is 25.8. The fourth-order valence-electron chi connectivity index (χ4n) is 3.80. The normalized spacial score (nSPS) is 13.0. The molecule has 0 aliphatic rings. The van der Waals surface area contributed by atoms with Gasteiger partial charge in [0.05, 0.1) is 11.8 Å². The van der Waals surface area contributed by atoms with Crippen molar-refractivity contribution < 1.29 is 19.6 Å². The third kappa shape index (κ3) is 8.98. The molecule has 2 aromatic rings. The molecule has 2 rings (SSSR count). The molecule has 8 nitrogen and oxygen atoms in total. The Labute approximate surface area is 207 Å². The molecule has 0 bridgehead atoms. The fraction of sp³-hybridized carbons (Fsp3) is 0.407. The molecular formula is C27H36N4O4. The molecule has 2 atom stereocenters. The van der Waals surface area contributed by atoms with Crippen LogP contribution in [0.5, 0.6) is 0 Å². The van der Waals surface area contributed by atoms with Gasteiger partial charge in [0.15, 0.2) is 0 Å². The van der Waals surface area contributed by atoms with Crippen LogP contribution in [0.25, 0.3) is 6.08 Å². The number of hydroxylamine groups is 1. The van der Waals surface area contributed by atoms with Crippen molar-refractivity contribution in [1.82, 2.24) is 20.9 Å². The number of nitrogens with one attached hydrogen (secondary N) is 2. The van der Waals surface area contributed by atoms with Crippen molar-refractivity contribution in [2.75, 3.05) is 6.54 Å². The summed E-state index contributed by atoms with van der Waals surface area (Å²) in [5, 5.41) is 10.7. The van der Waals surface area contributed by atoms with Crippen LogP contribution in [0.3, 0.4) is 0 Å². The second-order valence-electron chi connectivity index (χ2n) is 9.37. The maximum atomic E-state index is 13.5. The lowest BCUT2D eigenvalue weighted by Crippen LogP contribution is -2.52. The number of hydrogen-bond donors (Lipinski definition) is 3. The summed E-state index contributed by atoms with van der Waals surface area (Å²) in [6.45, 7) is 8.07. The van der Waals surface area contributed by atoms with Gasteiger partial charge in [-0.1, -0.05) is 76.2 Å². The Balaban J connectivity index is 2.29. The summed E-state index contributed by atoms with van der Waals surface area (Å²) >= 11 is 0. The van der Waals surface area contributed by atoms with E-state index < -0.39 is 29.6 Å². The van der Waals surface area contributed by atoms with Gasteiger partial charge in [-0.3, -0.25) is 30.0 Å². The predicted molar refractivity (Wildman–Crippen MR) is 135 cm³/mol. The highest BCUT2D eigenvalue weighted by Crippen LogP contribution is 2.26. The number of amides is 3. The Hall–Kier alpha value is -3.52. The van der Waals surface area contributed by atoms with Gasteiger partial charge in [0.25, 0.3) is 5.91 Å². The zero-order valence-corrected chi connectivity index (χ0v) is 20.8. The van der Waals surface area contributed by atoms with Gasteiger partial charge in [-0.15, -0.1) is 0 Å². The van der Waals surface area contributed by atoms with E-state index in [2.05, 4.69) is 10.4 Å². The Kier molecular flexibility index (Phi) is 11.1. The molecule has 188 valence electrons. The third-order valence-electron chi connectivity index (χ3n) is 5.42. The molecule has 3 amide bonds. The van der Waals surface area contributed by atoms with Gasteiger partial charge in [-0.05, 0) is 42.4 Å². The monoisotopic (exact) mass is 480 g/mol. The van der Waals surface area contributed by atoms with Crippen LogP contribution in [-0.2, 0) is 9.59 Å². The van der Waals surface area contributed by atoms with Crippen molar-refractivity contribution in [3.05, 3.63) is 72.1 Å². The summed E-state index contributed by atoms with van der Waals surface area (Å²) in [5.74, 6) is -2.94. The van der Waals surface area contributed by atoms with E-state index in [-0.39, 0.29) is 30.5 Å². The van der Waals surface area contributed by atoms with E-state index in [1.165, 1.54) is 11.2 Å². The number of hydrogen-bond acceptors (Lipinski definition) is 5. The van der Waals surface area contributed by atoms with Crippen molar-refractivity contribution in [1.29, 1.82) is 0 Å². The summed E-state index contributed by atoms with van der Waals surface area (Å²) in [7, 11) is 0. The van der Waals surface area contributed by atoms with Gasteiger partial charge in [0, 0.05) is 12.7 Å². The Morgan fingerprint density at radius 3 is 2.20 bits per heavy atom. The molecule has 0 spiro atoms. The van der Waals surface area contributed by atoms with Crippen molar-refractivity contribution in [2.24, 2.45) is 23.7 Å². The third-order valence-corrected chi connectivity index (χ3v) is 5.42. The lowest BCUT2D eigenvalue weighted by atomic mass is 9.82. The first-order valence-corrected chi connectivity index (χ1v) is 11.9. The first-order chi connectivity index (χ1) is 16.7. The molecule has 0 saturated heterocycles. The maximum Gasteiger partial charge on any atom is 0.290 e. The lowest BCUT2D eigenvalue weighted by molar-refractivity contribution is -0.142. The zero-order valence-electron chi connectivity index (χ0n) is 20.8. The van der Waals surface area contributed by atoms with Crippen LogP contribution < -0.4 is 10.9 Å². The Bertz CT molecular complexity index is 977. The van der Waals surface area contributed by atoms with Crippen LogP contribution in [0.1, 0.15) is 56.6 Å². The highest BCUT2D eigenvalue weighted by Gasteiger charge is 2.35. The smallest absolute Gasteiger partial charge is 0.289 e. The van der Waals surface area contributed by atoms with Gasteiger partial charge in [-0.25, -0.2) is 10.5 Å². The van der Waals surface area contributed by atoms with Crippen molar-refractivity contribution in [3.63, 3.8) is 0 Å². The quantitative estimate of drug-likeness (QED) is 0.331. The number of rotatable bonds is 11. The lowest BCUT2D eigenvalue weighted by Gasteiger charge is -2.30. The van der Waals surface area contributed by atoms with E-state index in [1.807, 2.05) is 70.2 Å². The Morgan fingerprint density at radius 2 is 1.63 bits per heavy atom. The molecule has 0 aliphatic carbocycles. The molecule has 0 aliphatic heterocycles. The highest BCUT2D eigenvalue weighted by atomic mass is 16.5. The van der Waals surface area contributed by atoms with Crippen molar-refractivity contribution >= 4 is 23.8 Å². The number of nitrogens with zero attached hydrogens (tertiary/aromatic N) is 2. The standard InChI is InChI=1S/C27H36N4O4/c1-19(2)17-23(22(26(33)30-35)14-10-13-21-11-6-5-7-12-21)25(32)29-31(18-20(3)4)27(34)24-15-8-9-16-28-24/h5-13,15-16,19-20,22-23,35H,14,17-18H2,1-4H3,(H,29,32)(H,30,33)/b13-10+/t22-,23+/m0/s1. The Morgan fingerprint density at radius 1 is 0.943 bits per heavy atom. The second-order valence-corrected chi connectivity index (χ2v) is 9.37. The van der Waals surface area contributed by atoms with Crippen LogP contribution in [0.4, 0.5) is 0 Å². The molecule has 0 saturated carbocycles. The topological polar surface area (TPSA) is 112 Å². The summed E-state index contributed by atoms with van der Waals surface area (Å²) in [5.41, 5.74) is 5.63. The van der Waals surface area contributed by atoms with Crippen molar-refractivity contribution in [3.8, 4) is 0 Å². The van der Waals surface area contributed by atoms with Gasteiger partial charge >= 0.3 is 0 Å². The van der Waals surface area contributed by atoms with E-state index >= 15 is 0 Å². The first-order valence-electron chi connectivity index (χ1n) is 11.9. The summed E-state index contributed by atoms with van der Waals surface area (Å²) in [6, 6.07) is 14.6. The molecule has 1 aromatic carbocycles. The molecular weight excluding hydrogens is 444 g/mol. The minimum atomic E-state index is -0.826. The molecule has 3 N–H and O–H groups in total. The van der Waals surface area contributed by atoms with Crippen LogP contribution in [-0.4, -0.2) is 39.5 Å². The van der Waals surface area contributed by atoms with Gasteiger partial charge in [-0.2, -0.15) is 0 Å². The minimum absolute atomic E-state index is 0.0804. The summed E-state index contributed by atoms with van der Waals surface area (Å²) in [4.78, 5) is 43.3. The van der Waals surface area contributed by atoms with E-state index in [9.17, 15) is 19.6 Å². The number of aromatic nitrogens is 1. The van der Waals surface area contributed by atoms with E-state index in [0.29, 0.717) is 6.42 Å². The average Bonchev–Trinajstić information content (AvgIpc) is 2.85. The van der Waals surface area contributed by atoms with Crippen LogP contribution >= 0.6 is 0 Å². The van der Waals surface area contributed by atoms with E-state index in [1.54, 1.807) is 23.7 Å². The average molecular weight is 481 g/mol. The molecule has 0 unspecified atom stereocenters.